The zero-order valence-corrected chi connectivity index (χ0v) is 12.9. The summed E-state index contributed by atoms with van der Waals surface area (Å²) in [6, 6.07) is 27.2. The van der Waals surface area contributed by atoms with E-state index in [1.807, 2.05) is 54.6 Å². The number of hydrogen-bond donors (Lipinski definition) is 1. The number of aromatic hydroxyl groups is 1. The summed E-state index contributed by atoms with van der Waals surface area (Å²) in [6.07, 6.45) is 0. The van der Waals surface area contributed by atoms with Gasteiger partial charge in [0.15, 0.2) is 5.43 Å². The van der Waals surface area contributed by atoms with Crippen LogP contribution in [0.2, 0.25) is 0 Å². The van der Waals surface area contributed by atoms with Crippen molar-refractivity contribution in [2.75, 3.05) is 0 Å². The monoisotopic (exact) mass is 316 g/mol. The van der Waals surface area contributed by atoms with E-state index in [1.54, 1.807) is 30.3 Å². The van der Waals surface area contributed by atoms with Gasteiger partial charge in [-0.2, -0.15) is 0 Å². The average Bonchev–Trinajstić information content (AvgIpc) is 2.64. The molecule has 118 valence electrons. The van der Waals surface area contributed by atoms with Crippen LogP contribution in [0.15, 0.2) is 100 Å². The quantitative estimate of drug-likeness (QED) is 0.546. The molecule has 0 aliphatic rings. The molecule has 4 rings (SSSR count). The Labute approximate surface area is 139 Å². The predicted octanol–water partition coefficient (Wildman–Crippen LogP) is 4.85. The molecular formula is C21H16O3. The fourth-order valence-corrected chi connectivity index (χ4v) is 2.28. The van der Waals surface area contributed by atoms with E-state index < -0.39 is 0 Å². The topological polar surface area (TPSA) is 50.4 Å². The van der Waals surface area contributed by atoms with E-state index in [2.05, 4.69) is 0 Å². The lowest BCUT2D eigenvalue weighted by molar-refractivity contribution is 0.475. The number of phenols is 1. The average molecular weight is 316 g/mol. The third-order valence-corrected chi connectivity index (χ3v) is 3.45. The lowest BCUT2D eigenvalue weighted by atomic mass is 10.1. The van der Waals surface area contributed by atoms with Gasteiger partial charge in [-0.05, 0) is 24.3 Å². The molecule has 0 spiro atoms. The maximum atomic E-state index is 11.9. The summed E-state index contributed by atoms with van der Waals surface area (Å²) in [4.78, 5) is 11.9. The van der Waals surface area contributed by atoms with Gasteiger partial charge in [-0.1, -0.05) is 60.7 Å². The normalized spacial score (nSPS) is 10.0. The van der Waals surface area contributed by atoms with Gasteiger partial charge in [0.25, 0.3) is 0 Å². The van der Waals surface area contributed by atoms with E-state index in [9.17, 15) is 4.79 Å². The summed E-state index contributed by atoms with van der Waals surface area (Å²) >= 11 is 0. The summed E-state index contributed by atoms with van der Waals surface area (Å²) in [5.41, 5.74) is 1.53. The van der Waals surface area contributed by atoms with Crippen molar-refractivity contribution in [2.45, 2.75) is 0 Å². The molecule has 0 aliphatic carbocycles. The molecule has 24 heavy (non-hydrogen) atoms. The highest BCUT2D eigenvalue weighted by molar-refractivity contribution is 5.78. The minimum absolute atomic E-state index is 0.00861. The minimum atomic E-state index is -0.00861. The molecule has 0 unspecified atom stereocenters. The van der Waals surface area contributed by atoms with Gasteiger partial charge in [0.2, 0.25) is 0 Å². The van der Waals surface area contributed by atoms with Crippen molar-refractivity contribution < 1.29 is 9.52 Å². The second-order valence-corrected chi connectivity index (χ2v) is 5.17. The standard InChI is InChI=1S/C15H10O2.C6H6O/c16-13-10-15(11-6-2-1-3-7-11)17-14-9-5-4-8-12(13)14;7-6-4-2-1-3-5-6/h1-10H;1-5,7H. The first-order chi connectivity index (χ1) is 11.7. The first kappa shape index (κ1) is 15.6. The number of phenolic OH excluding ortho intramolecular Hbond substituents is 1. The maximum Gasteiger partial charge on any atom is 0.193 e. The summed E-state index contributed by atoms with van der Waals surface area (Å²) in [5.74, 6) is 0.928. The SMILES string of the molecule is O=c1cc(-c2ccccc2)oc2ccccc12.Oc1ccccc1. The molecule has 0 atom stereocenters. The number of hydrogen-bond acceptors (Lipinski definition) is 3. The van der Waals surface area contributed by atoms with Crippen molar-refractivity contribution in [2.24, 2.45) is 0 Å². The first-order valence-electron chi connectivity index (χ1n) is 7.56. The molecule has 0 aliphatic heterocycles. The predicted molar refractivity (Wildman–Crippen MR) is 96.0 cm³/mol. The lowest BCUT2D eigenvalue weighted by Crippen LogP contribution is -1.99. The number of para-hydroxylation sites is 2. The van der Waals surface area contributed by atoms with Gasteiger partial charge >= 0.3 is 0 Å². The molecule has 4 aromatic rings. The van der Waals surface area contributed by atoms with Gasteiger partial charge in [0.1, 0.15) is 17.1 Å². The van der Waals surface area contributed by atoms with Crippen molar-refractivity contribution >= 4 is 11.0 Å². The number of rotatable bonds is 1. The Morgan fingerprint density at radius 3 is 1.92 bits per heavy atom. The molecule has 1 aromatic heterocycles. The molecule has 1 N–H and O–H groups in total. The van der Waals surface area contributed by atoms with Crippen molar-refractivity contribution in [1.29, 1.82) is 0 Å². The molecule has 0 bridgehead atoms. The second-order valence-electron chi connectivity index (χ2n) is 5.17. The highest BCUT2D eigenvalue weighted by Crippen LogP contribution is 2.21. The van der Waals surface area contributed by atoms with Gasteiger partial charge in [-0.25, -0.2) is 0 Å². The number of fused-ring (bicyclic) bond motifs is 1. The minimum Gasteiger partial charge on any atom is -0.508 e. The van der Waals surface area contributed by atoms with Crippen molar-refractivity contribution in [3.8, 4) is 17.1 Å². The molecule has 3 aromatic carbocycles. The molecule has 0 radical (unpaired) electrons. The van der Waals surface area contributed by atoms with Crippen molar-refractivity contribution in [3.05, 3.63) is 101 Å². The molecule has 0 saturated carbocycles. The number of benzene rings is 3. The van der Waals surface area contributed by atoms with Crippen LogP contribution in [0.4, 0.5) is 0 Å². The highest BCUT2D eigenvalue weighted by atomic mass is 16.3. The van der Waals surface area contributed by atoms with E-state index in [-0.39, 0.29) is 5.43 Å². The van der Waals surface area contributed by atoms with Crippen LogP contribution in [-0.2, 0) is 0 Å². The highest BCUT2D eigenvalue weighted by Gasteiger charge is 2.05. The zero-order valence-electron chi connectivity index (χ0n) is 12.9. The molecule has 3 nitrogen and oxygen atoms in total. The Balaban J connectivity index is 0.000000203. The molecule has 3 heteroatoms. The fourth-order valence-electron chi connectivity index (χ4n) is 2.28. The summed E-state index contributed by atoms with van der Waals surface area (Å²) in [5, 5.41) is 9.25. The van der Waals surface area contributed by atoms with Crippen LogP contribution < -0.4 is 5.43 Å². The van der Waals surface area contributed by atoms with Crippen LogP contribution in [0.1, 0.15) is 0 Å². The first-order valence-corrected chi connectivity index (χ1v) is 7.56. The lowest BCUT2D eigenvalue weighted by Gasteiger charge is -2.02. The largest absolute Gasteiger partial charge is 0.508 e. The van der Waals surface area contributed by atoms with Gasteiger partial charge in [0.05, 0.1) is 5.39 Å². The van der Waals surface area contributed by atoms with Crippen LogP contribution in [0.5, 0.6) is 5.75 Å². The summed E-state index contributed by atoms with van der Waals surface area (Å²) in [6.45, 7) is 0. The van der Waals surface area contributed by atoms with Gasteiger partial charge in [-0.15, -0.1) is 0 Å². The van der Waals surface area contributed by atoms with E-state index in [4.69, 9.17) is 9.52 Å². The Bertz CT molecular complexity index is 974. The molecule has 0 amide bonds. The summed E-state index contributed by atoms with van der Waals surface area (Å²) < 4.78 is 5.73. The van der Waals surface area contributed by atoms with E-state index >= 15 is 0 Å². The van der Waals surface area contributed by atoms with Gasteiger partial charge in [-0.3, -0.25) is 4.79 Å². The maximum absolute atomic E-state index is 11.9. The van der Waals surface area contributed by atoms with Crippen LogP contribution in [0.3, 0.4) is 0 Å². The smallest absolute Gasteiger partial charge is 0.193 e. The Morgan fingerprint density at radius 1 is 0.708 bits per heavy atom. The summed E-state index contributed by atoms with van der Waals surface area (Å²) in [7, 11) is 0. The van der Waals surface area contributed by atoms with Crippen LogP contribution in [-0.4, -0.2) is 5.11 Å². The Morgan fingerprint density at radius 2 is 1.29 bits per heavy atom. The van der Waals surface area contributed by atoms with E-state index in [1.165, 1.54) is 6.07 Å². The van der Waals surface area contributed by atoms with E-state index in [0.717, 1.165) is 5.56 Å². The molecule has 0 saturated heterocycles. The zero-order chi connectivity index (χ0) is 16.8. The van der Waals surface area contributed by atoms with Crippen LogP contribution in [0, 0.1) is 0 Å². The second kappa shape index (κ2) is 7.29. The van der Waals surface area contributed by atoms with E-state index in [0.29, 0.717) is 22.5 Å². The third kappa shape index (κ3) is 3.70. The molecular weight excluding hydrogens is 300 g/mol. The Kier molecular flexibility index (Phi) is 4.73. The fraction of sp³-hybridized carbons (Fsp3) is 0. The van der Waals surface area contributed by atoms with Gasteiger partial charge < -0.3 is 9.52 Å². The third-order valence-electron chi connectivity index (χ3n) is 3.45. The van der Waals surface area contributed by atoms with Gasteiger partial charge in [0, 0.05) is 11.6 Å². The van der Waals surface area contributed by atoms with Crippen LogP contribution in [0.25, 0.3) is 22.3 Å². The van der Waals surface area contributed by atoms with Crippen LogP contribution >= 0.6 is 0 Å². The van der Waals surface area contributed by atoms with Crippen molar-refractivity contribution in [1.82, 2.24) is 0 Å². The Hall–Kier alpha value is -3.33. The van der Waals surface area contributed by atoms with Crippen molar-refractivity contribution in [3.63, 3.8) is 0 Å². The molecule has 0 fully saturated rings. The molecule has 1 heterocycles.